The molecule has 2 unspecified atom stereocenters. The smallest absolute Gasteiger partial charge is 0.167 e. The van der Waals surface area contributed by atoms with E-state index in [0.29, 0.717) is 18.4 Å². The maximum Gasteiger partial charge on any atom is 0.167 e. The van der Waals surface area contributed by atoms with Gasteiger partial charge in [-0.25, -0.2) is 0 Å². The molecule has 0 aliphatic rings. The molecule has 0 amide bonds. The summed E-state index contributed by atoms with van der Waals surface area (Å²) >= 11 is 0. The summed E-state index contributed by atoms with van der Waals surface area (Å²) < 4.78 is 11.4. The predicted octanol–water partition coefficient (Wildman–Crippen LogP) is 3.68. The highest BCUT2D eigenvalue weighted by molar-refractivity contribution is 4.82. The van der Waals surface area contributed by atoms with E-state index in [1.807, 2.05) is 0 Å². The van der Waals surface area contributed by atoms with Crippen LogP contribution in [0.5, 0.6) is 0 Å². The zero-order chi connectivity index (χ0) is 16.8. The van der Waals surface area contributed by atoms with E-state index in [-0.39, 0.29) is 0 Å². The van der Waals surface area contributed by atoms with Gasteiger partial charge in [0.2, 0.25) is 0 Å². The summed E-state index contributed by atoms with van der Waals surface area (Å²) in [5.74, 6) is 0.349. The molecule has 4 nitrogen and oxygen atoms in total. The Kier molecular flexibility index (Phi) is 13.2. The number of ether oxygens (including phenoxy) is 2. The van der Waals surface area contributed by atoms with E-state index in [4.69, 9.17) is 20.9 Å². The fourth-order valence-electron chi connectivity index (χ4n) is 3.42. The Morgan fingerprint density at radius 2 is 1.45 bits per heavy atom. The Balaban J connectivity index is 4.74. The lowest BCUT2D eigenvalue weighted by Crippen LogP contribution is -2.43. The van der Waals surface area contributed by atoms with E-state index in [0.717, 1.165) is 25.8 Å². The molecule has 0 radical (unpaired) electrons. The molecule has 22 heavy (non-hydrogen) atoms. The first-order valence-corrected chi connectivity index (χ1v) is 9.10. The number of unbranched alkanes of at least 4 members (excludes halogenated alkanes) is 4. The molecule has 0 saturated carbocycles. The minimum Gasteiger partial charge on any atom is -0.353 e. The first-order chi connectivity index (χ1) is 10.6. The third-order valence-electron chi connectivity index (χ3n) is 4.99. The lowest BCUT2D eigenvalue weighted by atomic mass is 9.77. The van der Waals surface area contributed by atoms with Gasteiger partial charge in [0.25, 0.3) is 0 Å². The van der Waals surface area contributed by atoms with Gasteiger partial charge < -0.3 is 20.9 Å². The second-order valence-electron chi connectivity index (χ2n) is 6.50. The maximum atomic E-state index is 5.87. The zero-order valence-corrected chi connectivity index (χ0v) is 15.4. The normalized spacial score (nSPS) is 15.0. The summed E-state index contributed by atoms with van der Waals surface area (Å²) in [6, 6.07) is 0. The molecule has 4 N–H and O–H groups in total. The van der Waals surface area contributed by atoms with Gasteiger partial charge in [-0.15, -0.1) is 0 Å². The minimum atomic E-state index is -0.543. The van der Waals surface area contributed by atoms with Crippen molar-refractivity contribution in [2.75, 3.05) is 27.3 Å². The maximum absolute atomic E-state index is 5.87. The molecule has 0 aromatic carbocycles. The van der Waals surface area contributed by atoms with Crippen LogP contribution in [0.4, 0.5) is 0 Å². The first kappa shape index (κ1) is 21.8. The summed E-state index contributed by atoms with van der Waals surface area (Å²) in [7, 11) is 3.47. The Labute approximate surface area is 138 Å². The highest BCUT2D eigenvalue weighted by Gasteiger charge is 2.38. The summed E-state index contributed by atoms with van der Waals surface area (Å²) in [4.78, 5) is 0. The highest BCUT2D eigenvalue weighted by Crippen LogP contribution is 2.37. The van der Waals surface area contributed by atoms with E-state index in [1.54, 1.807) is 14.2 Å². The van der Waals surface area contributed by atoms with Gasteiger partial charge in [-0.1, -0.05) is 39.0 Å². The van der Waals surface area contributed by atoms with Crippen molar-refractivity contribution in [3.05, 3.63) is 0 Å². The van der Waals surface area contributed by atoms with Gasteiger partial charge in [-0.3, -0.25) is 0 Å². The molecular weight excluding hydrogens is 276 g/mol. The average molecular weight is 317 g/mol. The quantitative estimate of drug-likeness (QED) is 0.357. The van der Waals surface area contributed by atoms with E-state index in [2.05, 4.69) is 13.8 Å². The first-order valence-electron chi connectivity index (χ1n) is 9.10. The molecule has 0 heterocycles. The van der Waals surface area contributed by atoms with Gasteiger partial charge in [0.1, 0.15) is 0 Å². The topological polar surface area (TPSA) is 70.5 Å². The summed E-state index contributed by atoms with van der Waals surface area (Å²) in [6.07, 6.45) is 10.8. The fourth-order valence-corrected chi connectivity index (χ4v) is 3.42. The third kappa shape index (κ3) is 7.91. The Morgan fingerprint density at radius 1 is 0.818 bits per heavy atom. The van der Waals surface area contributed by atoms with Gasteiger partial charge in [0.15, 0.2) is 5.79 Å². The molecule has 0 aliphatic heterocycles. The van der Waals surface area contributed by atoms with Crippen molar-refractivity contribution in [2.24, 2.45) is 23.3 Å². The van der Waals surface area contributed by atoms with Crippen LogP contribution in [0.25, 0.3) is 0 Å². The van der Waals surface area contributed by atoms with Crippen LogP contribution < -0.4 is 11.5 Å². The Morgan fingerprint density at radius 3 is 1.95 bits per heavy atom. The number of hydrogen-bond acceptors (Lipinski definition) is 4. The van der Waals surface area contributed by atoms with Gasteiger partial charge in [0.05, 0.1) is 0 Å². The molecule has 4 heteroatoms. The third-order valence-corrected chi connectivity index (χ3v) is 4.99. The summed E-state index contributed by atoms with van der Waals surface area (Å²) in [5, 5.41) is 0. The molecule has 134 valence electrons. The number of rotatable bonds is 15. The van der Waals surface area contributed by atoms with E-state index in [9.17, 15) is 0 Å². The van der Waals surface area contributed by atoms with Crippen molar-refractivity contribution >= 4 is 0 Å². The molecule has 0 fully saturated rings. The fraction of sp³-hybridized carbons (Fsp3) is 1.00. The van der Waals surface area contributed by atoms with Crippen molar-refractivity contribution in [2.45, 2.75) is 77.4 Å². The summed E-state index contributed by atoms with van der Waals surface area (Å²) in [6.45, 7) is 5.74. The number of methoxy groups -OCH3 is 2. The highest BCUT2D eigenvalue weighted by atomic mass is 16.7. The van der Waals surface area contributed by atoms with Crippen molar-refractivity contribution in [1.82, 2.24) is 0 Å². The van der Waals surface area contributed by atoms with Crippen LogP contribution in [0.15, 0.2) is 0 Å². The molecule has 2 atom stereocenters. The summed E-state index contributed by atoms with van der Waals surface area (Å²) in [5.41, 5.74) is 11.6. The van der Waals surface area contributed by atoms with Gasteiger partial charge >= 0.3 is 0 Å². The van der Waals surface area contributed by atoms with Gasteiger partial charge in [0, 0.05) is 20.1 Å². The monoisotopic (exact) mass is 316 g/mol. The van der Waals surface area contributed by atoms with Crippen molar-refractivity contribution < 1.29 is 9.47 Å². The van der Waals surface area contributed by atoms with E-state index >= 15 is 0 Å². The molecule has 0 aliphatic carbocycles. The van der Waals surface area contributed by atoms with E-state index < -0.39 is 5.79 Å². The Bertz CT molecular complexity index is 245. The largest absolute Gasteiger partial charge is 0.353 e. The van der Waals surface area contributed by atoms with Gasteiger partial charge in [-0.2, -0.15) is 0 Å². The molecular formula is C18H40N2O2. The van der Waals surface area contributed by atoms with E-state index in [1.165, 1.54) is 38.5 Å². The molecule has 0 spiro atoms. The van der Waals surface area contributed by atoms with Crippen LogP contribution >= 0.6 is 0 Å². The van der Waals surface area contributed by atoms with Crippen LogP contribution in [0, 0.1) is 11.8 Å². The minimum absolute atomic E-state index is 0.348. The second kappa shape index (κ2) is 13.3. The van der Waals surface area contributed by atoms with Crippen LogP contribution in [0.3, 0.4) is 0 Å². The standard InChI is InChI=1S/C18H40N2O2/c1-5-6-7-8-9-11-16(13-15-20)17(12-10-14-19)18(2,21-3)22-4/h16-17H,5-15,19-20H2,1-4H3. The molecule has 0 rings (SSSR count). The predicted molar refractivity (Wildman–Crippen MR) is 94.7 cm³/mol. The zero-order valence-electron chi connectivity index (χ0n) is 15.4. The van der Waals surface area contributed by atoms with Crippen LogP contribution in [-0.2, 0) is 9.47 Å². The molecule has 0 aromatic rings. The van der Waals surface area contributed by atoms with Crippen LogP contribution in [0.2, 0.25) is 0 Å². The van der Waals surface area contributed by atoms with Gasteiger partial charge in [-0.05, 0) is 51.6 Å². The number of hydrogen-bond donors (Lipinski definition) is 2. The lowest BCUT2D eigenvalue weighted by molar-refractivity contribution is -0.239. The van der Waals surface area contributed by atoms with Crippen molar-refractivity contribution in [3.8, 4) is 0 Å². The van der Waals surface area contributed by atoms with Crippen molar-refractivity contribution in [3.63, 3.8) is 0 Å². The SMILES string of the molecule is CCCCCCCC(CCN)C(CCCN)C(C)(OC)OC. The average Bonchev–Trinajstić information content (AvgIpc) is 2.54. The molecule has 0 aromatic heterocycles. The second-order valence-corrected chi connectivity index (χ2v) is 6.50. The number of nitrogens with two attached hydrogens (primary N) is 2. The lowest BCUT2D eigenvalue weighted by Gasteiger charge is -2.40. The van der Waals surface area contributed by atoms with Crippen LogP contribution in [-0.4, -0.2) is 33.1 Å². The molecule has 0 saturated heterocycles. The Hall–Kier alpha value is -0.160. The molecule has 0 bridgehead atoms. The van der Waals surface area contributed by atoms with Crippen molar-refractivity contribution in [1.29, 1.82) is 0 Å². The van der Waals surface area contributed by atoms with Crippen LogP contribution in [0.1, 0.15) is 71.6 Å².